The lowest BCUT2D eigenvalue weighted by Gasteiger charge is -2.36. The van der Waals surface area contributed by atoms with Gasteiger partial charge in [0.05, 0.1) is 46.5 Å². The standard InChI is InChI=1S/C48H28N6O4/c1-5-13-43-35(9-1)53(36-10-2-6-14-44(36)55-43)39-25-29(47-51-33-27-49-23-21-41(33)57-47)17-19-31(39)32-20-18-30(48-52-34-28-50-24-22-42(34)58-48)26-40(32)54-37-11-3-7-15-45(37)56-46-16-8-4-12-38(46)54/h1-28H. The van der Waals surface area contributed by atoms with Crippen LogP contribution in [0.5, 0.6) is 23.0 Å². The Labute approximate surface area is 330 Å². The van der Waals surface area contributed by atoms with Crippen LogP contribution in [0.25, 0.3) is 56.2 Å². The summed E-state index contributed by atoms with van der Waals surface area (Å²) < 4.78 is 25.6. The molecule has 2 aliphatic rings. The molecule has 0 N–H and O–H groups in total. The van der Waals surface area contributed by atoms with E-state index in [1.165, 1.54) is 0 Å². The lowest BCUT2D eigenvalue weighted by Crippen LogP contribution is -2.18. The molecule has 10 aromatic rings. The van der Waals surface area contributed by atoms with E-state index in [4.69, 9.17) is 28.3 Å². The molecule has 6 heterocycles. The van der Waals surface area contributed by atoms with Gasteiger partial charge in [0.1, 0.15) is 11.0 Å². The van der Waals surface area contributed by atoms with Gasteiger partial charge in [-0.05, 0) is 72.8 Å². The van der Waals surface area contributed by atoms with Gasteiger partial charge < -0.3 is 28.1 Å². The molecule has 4 aromatic heterocycles. The van der Waals surface area contributed by atoms with E-state index in [0.717, 1.165) is 79.4 Å². The number of ether oxygens (including phenoxy) is 2. The number of hydrogen-bond acceptors (Lipinski definition) is 10. The minimum atomic E-state index is 0.489. The molecule has 2 aliphatic heterocycles. The van der Waals surface area contributed by atoms with Gasteiger partial charge >= 0.3 is 0 Å². The Morgan fingerprint density at radius 2 is 0.759 bits per heavy atom. The third-order valence-electron chi connectivity index (χ3n) is 10.5. The second-order valence-corrected chi connectivity index (χ2v) is 13.9. The topological polar surface area (TPSA) is 103 Å². The predicted molar refractivity (Wildman–Crippen MR) is 223 cm³/mol. The maximum Gasteiger partial charge on any atom is 0.227 e. The van der Waals surface area contributed by atoms with E-state index in [-0.39, 0.29) is 0 Å². The number of rotatable bonds is 5. The van der Waals surface area contributed by atoms with Crippen LogP contribution in [-0.4, -0.2) is 19.9 Å². The van der Waals surface area contributed by atoms with Gasteiger partial charge in [-0.3, -0.25) is 9.97 Å². The summed E-state index contributed by atoms with van der Waals surface area (Å²) in [5.41, 5.74) is 11.5. The van der Waals surface area contributed by atoms with Crippen LogP contribution in [0, 0.1) is 0 Å². The maximum absolute atomic E-state index is 6.49. The summed E-state index contributed by atoms with van der Waals surface area (Å²) in [4.78, 5) is 22.7. The summed E-state index contributed by atoms with van der Waals surface area (Å²) >= 11 is 0. The van der Waals surface area contributed by atoms with Crippen molar-refractivity contribution in [2.75, 3.05) is 9.80 Å². The summed E-state index contributed by atoms with van der Waals surface area (Å²) in [7, 11) is 0. The van der Waals surface area contributed by atoms with Gasteiger partial charge in [-0.25, -0.2) is 9.97 Å². The van der Waals surface area contributed by atoms with Crippen LogP contribution in [0.15, 0.2) is 179 Å². The molecule has 6 aromatic carbocycles. The van der Waals surface area contributed by atoms with Gasteiger partial charge in [0.15, 0.2) is 34.2 Å². The van der Waals surface area contributed by atoms with Crippen LogP contribution in [0.1, 0.15) is 0 Å². The molecule has 0 saturated carbocycles. The van der Waals surface area contributed by atoms with Crippen LogP contribution in [0.2, 0.25) is 0 Å². The highest BCUT2D eigenvalue weighted by atomic mass is 16.5. The van der Waals surface area contributed by atoms with Gasteiger partial charge in [-0.1, -0.05) is 60.7 Å². The monoisotopic (exact) mass is 752 g/mol. The number of pyridine rings is 2. The maximum atomic E-state index is 6.49. The Morgan fingerprint density at radius 3 is 1.14 bits per heavy atom. The first-order valence-corrected chi connectivity index (χ1v) is 18.8. The molecule has 0 fully saturated rings. The van der Waals surface area contributed by atoms with Crippen LogP contribution < -0.4 is 19.3 Å². The van der Waals surface area contributed by atoms with E-state index in [9.17, 15) is 0 Å². The summed E-state index contributed by atoms with van der Waals surface area (Å²) in [6, 6.07) is 48.7. The van der Waals surface area contributed by atoms with Gasteiger partial charge in [-0.15, -0.1) is 0 Å². The smallest absolute Gasteiger partial charge is 0.227 e. The quantitative estimate of drug-likeness (QED) is 0.169. The zero-order valence-electron chi connectivity index (χ0n) is 30.5. The summed E-state index contributed by atoms with van der Waals surface area (Å²) in [6.45, 7) is 0. The Morgan fingerprint density at radius 1 is 0.379 bits per heavy atom. The number of fused-ring (bicyclic) bond motifs is 6. The molecular weight excluding hydrogens is 725 g/mol. The largest absolute Gasteiger partial charge is 0.453 e. The number of benzene rings is 6. The van der Waals surface area contributed by atoms with Crippen molar-refractivity contribution in [3.05, 3.63) is 170 Å². The number of nitrogens with zero attached hydrogens (tertiary/aromatic N) is 6. The fourth-order valence-electron chi connectivity index (χ4n) is 7.89. The molecule has 12 rings (SSSR count). The van der Waals surface area contributed by atoms with E-state index < -0.39 is 0 Å². The van der Waals surface area contributed by atoms with E-state index in [1.807, 2.05) is 84.9 Å². The SMILES string of the molecule is c1ccc2c(c1)Oc1ccccc1N2c1cc(-c2nc3cnccc3o2)ccc1-c1ccc(-c2nc3cnccc3o2)cc1N1c2ccccc2Oc2ccccc21. The normalized spacial score (nSPS) is 12.7. The van der Waals surface area contributed by atoms with Crippen LogP contribution in [0.3, 0.4) is 0 Å². The third-order valence-corrected chi connectivity index (χ3v) is 10.5. The Hall–Kier alpha value is -8.24. The summed E-state index contributed by atoms with van der Waals surface area (Å²) in [5, 5.41) is 0. The molecule has 0 atom stereocenters. The Bertz CT molecular complexity index is 2870. The summed E-state index contributed by atoms with van der Waals surface area (Å²) in [6.07, 6.45) is 6.84. The molecule has 0 amide bonds. The minimum absolute atomic E-state index is 0.489. The number of anilines is 6. The lowest BCUT2D eigenvalue weighted by molar-refractivity contribution is 0.476. The first-order chi connectivity index (χ1) is 28.7. The number of aromatic nitrogens is 4. The average Bonchev–Trinajstić information content (AvgIpc) is 3.92. The zero-order valence-corrected chi connectivity index (χ0v) is 30.5. The fourth-order valence-corrected chi connectivity index (χ4v) is 7.89. The van der Waals surface area contributed by atoms with Crippen molar-refractivity contribution in [1.82, 2.24) is 19.9 Å². The van der Waals surface area contributed by atoms with E-state index in [0.29, 0.717) is 34.0 Å². The Kier molecular flexibility index (Phi) is 6.99. The van der Waals surface area contributed by atoms with E-state index in [1.54, 1.807) is 24.8 Å². The van der Waals surface area contributed by atoms with Crippen molar-refractivity contribution in [3.63, 3.8) is 0 Å². The second kappa shape index (κ2) is 12.7. The molecular formula is C48H28N6O4. The molecule has 0 saturated heterocycles. The zero-order chi connectivity index (χ0) is 38.2. The minimum Gasteiger partial charge on any atom is -0.453 e. The molecule has 0 unspecified atom stereocenters. The van der Waals surface area contributed by atoms with Crippen molar-refractivity contribution >= 4 is 56.3 Å². The molecule has 0 aliphatic carbocycles. The second-order valence-electron chi connectivity index (χ2n) is 13.9. The highest BCUT2D eigenvalue weighted by molar-refractivity contribution is 6.01. The van der Waals surface area contributed by atoms with Gasteiger partial charge in [0, 0.05) is 46.8 Å². The van der Waals surface area contributed by atoms with Crippen LogP contribution in [0.4, 0.5) is 34.1 Å². The molecule has 274 valence electrons. The van der Waals surface area contributed by atoms with Gasteiger partial charge in [0.25, 0.3) is 0 Å². The third kappa shape index (κ3) is 5.05. The molecule has 10 nitrogen and oxygen atoms in total. The van der Waals surface area contributed by atoms with Crippen molar-refractivity contribution < 1.29 is 18.3 Å². The van der Waals surface area contributed by atoms with Crippen molar-refractivity contribution in [2.45, 2.75) is 0 Å². The number of hydrogen-bond donors (Lipinski definition) is 0. The number of oxazole rings is 2. The number of para-hydroxylation sites is 8. The lowest BCUT2D eigenvalue weighted by atomic mass is 9.95. The summed E-state index contributed by atoms with van der Waals surface area (Å²) in [5.74, 6) is 3.93. The van der Waals surface area contributed by atoms with E-state index >= 15 is 0 Å². The first kappa shape index (κ1) is 32.0. The van der Waals surface area contributed by atoms with Crippen LogP contribution >= 0.6 is 0 Å². The molecule has 58 heavy (non-hydrogen) atoms. The van der Waals surface area contributed by atoms with E-state index in [2.05, 4.69) is 80.4 Å². The predicted octanol–water partition coefficient (Wildman–Crippen LogP) is 12.9. The molecule has 0 radical (unpaired) electrons. The first-order valence-electron chi connectivity index (χ1n) is 18.8. The fraction of sp³-hybridized carbons (Fsp3) is 0. The Balaban J connectivity index is 1.15. The van der Waals surface area contributed by atoms with Gasteiger partial charge in [-0.2, -0.15) is 0 Å². The van der Waals surface area contributed by atoms with Gasteiger partial charge in [0.2, 0.25) is 11.8 Å². The average molecular weight is 753 g/mol. The van der Waals surface area contributed by atoms with Crippen molar-refractivity contribution in [1.29, 1.82) is 0 Å². The van der Waals surface area contributed by atoms with Crippen molar-refractivity contribution in [2.24, 2.45) is 0 Å². The molecule has 0 spiro atoms. The van der Waals surface area contributed by atoms with Crippen molar-refractivity contribution in [3.8, 4) is 57.0 Å². The highest BCUT2D eigenvalue weighted by Crippen LogP contribution is 2.56. The highest BCUT2D eigenvalue weighted by Gasteiger charge is 2.32. The molecule has 10 heteroatoms. The van der Waals surface area contributed by atoms with Crippen LogP contribution in [-0.2, 0) is 0 Å². The molecule has 0 bridgehead atoms.